The van der Waals surface area contributed by atoms with E-state index in [2.05, 4.69) is 0 Å². The number of carbonyl (C=O) groups excluding carboxylic acids is 2. The number of aromatic hydroxyl groups is 5. The van der Waals surface area contributed by atoms with E-state index < -0.39 is 130 Å². The zero-order chi connectivity index (χ0) is 55.2. The van der Waals surface area contributed by atoms with Crippen molar-refractivity contribution < 1.29 is 123 Å². The summed E-state index contributed by atoms with van der Waals surface area (Å²) in [5.41, 5.74) is 1.19. The van der Waals surface area contributed by atoms with Crippen molar-refractivity contribution in [2.75, 3.05) is 34.0 Å². The number of esters is 2. The van der Waals surface area contributed by atoms with Gasteiger partial charge in [-0.05, 0) is 71.8 Å². The molecule has 15 atom stereocenters. The molecule has 4 heterocycles. The van der Waals surface area contributed by atoms with Crippen LogP contribution in [0.4, 0.5) is 0 Å². The molecule has 0 spiro atoms. The van der Waals surface area contributed by atoms with Crippen molar-refractivity contribution in [2.24, 2.45) is 0 Å². The van der Waals surface area contributed by atoms with Crippen molar-refractivity contribution in [1.82, 2.24) is 0 Å². The van der Waals surface area contributed by atoms with Crippen LogP contribution in [-0.2, 0) is 42.7 Å². The van der Waals surface area contributed by atoms with Crippen LogP contribution in [0.2, 0.25) is 0 Å². The number of hydrogen-bond acceptors (Lipinski definition) is 24. The molecule has 4 aliphatic heterocycles. The summed E-state index contributed by atoms with van der Waals surface area (Å²) in [5, 5.41) is 128. The lowest BCUT2D eigenvalue weighted by atomic mass is 9.97. The van der Waals surface area contributed by atoms with Crippen molar-refractivity contribution >= 4 is 30.2 Å². The number of phenolic OH excluding ortho intramolecular Hbond substituents is 4. The van der Waals surface area contributed by atoms with Crippen LogP contribution in [0.3, 0.4) is 0 Å². The monoisotopic (exact) mass is 1080 g/mol. The molecule has 25 heteroatoms. The number of aliphatic hydroxyl groups is 9. The predicted octanol–water partition coefficient (Wildman–Crippen LogP) is -0.150. The largest absolute Gasteiger partial charge is 0.571 e. The average Bonchev–Trinajstić information content (AvgIpc) is 3.45. The summed E-state index contributed by atoms with van der Waals surface area (Å²) in [6.07, 6.45) is -20.5. The lowest BCUT2D eigenvalue weighted by Crippen LogP contribution is -2.63. The maximum absolute atomic E-state index is 13.4. The first-order valence-corrected chi connectivity index (χ1v) is 23.7. The Labute approximate surface area is 437 Å². The van der Waals surface area contributed by atoms with Crippen molar-refractivity contribution in [1.29, 1.82) is 0 Å². The number of fused-ring (bicyclic) bond motifs is 1. The molecule has 0 saturated carbocycles. The molecule has 0 aromatic heterocycles. The molecule has 414 valence electrons. The Morgan fingerprint density at radius 3 is 1.92 bits per heavy atom. The molecule has 4 aromatic carbocycles. The Morgan fingerprint density at radius 1 is 0.636 bits per heavy atom. The molecular formula is C52H57O25+. The number of carbonyl (C=O) groups is 2. The van der Waals surface area contributed by atoms with Gasteiger partial charge in [0.15, 0.2) is 35.8 Å². The minimum Gasteiger partial charge on any atom is -0.571 e. The highest BCUT2D eigenvalue weighted by atomic mass is 16.8. The Hall–Kier alpha value is -7.24. The molecule has 3 saturated heterocycles. The minimum atomic E-state index is -2.06. The van der Waals surface area contributed by atoms with E-state index in [4.69, 9.17) is 52.1 Å². The highest BCUT2D eigenvalue weighted by molar-refractivity contribution is 5.88. The fraction of sp³-hybridized carbons (Fsp3) is 0.385. The van der Waals surface area contributed by atoms with E-state index in [1.54, 1.807) is 0 Å². The van der Waals surface area contributed by atoms with E-state index in [0.717, 1.165) is 18.2 Å². The first-order valence-electron chi connectivity index (χ1n) is 23.7. The summed E-state index contributed by atoms with van der Waals surface area (Å²) in [5.74, 6) is -3.24. The molecule has 25 nitrogen and oxygen atoms in total. The molecule has 0 bridgehead atoms. The number of methoxy groups -OCH3 is 2. The van der Waals surface area contributed by atoms with Gasteiger partial charge in [0.2, 0.25) is 18.3 Å². The van der Waals surface area contributed by atoms with E-state index in [1.807, 2.05) is 0 Å². The topological polar surface area (TPSA) is 382 Å². The smallest absolute Gasteiger partial charge is 0.331 e. The summed E-state index contributed by atoms with van der Waals surface area (Å²) >= 11 is 0. The number of benzene rings is 4. The third-order valence-corrected chi connectivity index (χ3v) is 12.7. The van der Waals surface area contributed by atoms with Gasteiger partial charge < -0.3 is 113 Å². The average molecular weight is 1080 g/mol. The van der Waals surface area contributed by atoms with E-state index in [0.29, 0.717) is 16.7 Å². The van der Waals surface area contributed by atoms with Crippen molar-refractivity contribution in [2.45, 2.75) is 92.1 Å². The normalized spacial score (nSPS) is 30.2. The van der Waals surface area contributed by atoms with Crippen molar-refractivity contribution in [3.8, 4) is 46.0 Å². The minimum absolute atomic E-state index is 0.00833. The summed E-state index contributed by atoms with van der Waals surface area (Å²) in [6, 6.07) is 16.6. The molecule has 0 aliphatic carbocycles. The van der Waals surface area contributed by atoms with Gasteiger partial charge in [0.25, 0.3) is 11.9 Å². The maximum atomic E-state index is 13.4. The molecule has 77 heavy (non-hydrogen) atoms. The SMILES string of the molecule is COc1cc(/C=C/C(=O)O[C@@H]2[C@@H](O[C@H]3[C@H](OC4=Cc5c(O[C@@H]6O[C@@H](CO)[C@@H](O)[C@H](O)[C@H]6O)cc(O)cc5[OH+]C4c4ccc(O)cc4)O[C@@H](COC(=O)/C=C/c4ccc(O)cc4)[C@@H](O)[C@@H]3O)OC[C@@H](O)[C@H]2O)cc(OC)c1O. The summed E-state index contributed by atoms with van der Waals surface area (Å²) in [4.78, 5) is 26.4. The van der Waals surface area contributed by atoms with Gasteiger partial charge in [-0.2, -0.15) is 0 Å². The highest BCUT2D eigenvalue weighted by Crippen LogP contribution is 2.47. The van der Waals surface area contributed by atoms with Crippen LogP contribution >= 0.6 is 0 Å². The Morgan fingerprint density at radius 2 is 1.26 bits per heavy atom. The van der Waals surface area contributed by atoms with Gasteiger partial charge >= 0.3 is 11.9 Å². The standard InChI is InChI=1S/C52H56O25/c1-67-33-15-24(16-34(68-2)41(33)61)6-14-39(59)76-48-40(60)30(57)21-70-51(48)77-49-45(65)43(63)37(22-69-38(58)13-5-23-3-9-26(54)10-4-23)75-52(49)73-35-19-29-31(71-47(35)25-7-11-27(55)12-8-25)17-28(56)18-32(29)72-50-46(66)44(64)42(62)36(20-53)74-50/h3-19,30,36-37,40,42-57,60-66H,20-22H2,1-2H3/p+1/b13-5+,14-6+/t30-,36+,37+,40-,42-,43-,44+,45+,46-,47?,48+,49-,50-,51-,52-/m1/s1. The second-order valence-corrected chi connectivity index (χ2v) is 17.9. The molecular weight excluding hydrogens is 1020 g/mol. The summed E-state index contributed by atoms with van der Waals surface area (Å²) in [6.45, 7) is -2.11. The third-order valence-electron chi connectivity index (χ3n) is 12.7. The second kappa shape index (κ2) is 24.4. The van der Waals surface area contributed by atoms with Gasteiger partial charge in [-0.15, -0.1) is 0 Å². The molecule has 0 amide bonds. The molecule has 4 aromatic rings. The lowest BCUT2D eigenvalue weighted by molar-refractivity contribution is -0.353. The molecule has 13 N–H and O–H groups in total. The van der Waals surface area contributed by atoms with E-state index >= 15 is 0 Å². The predicted molar refractivity (Wildman–Crippen MR) is 260 cm³/mol. The number of aliphatic hydroxyl groups excluding tert-OH is 8. The molecule has 4 aliphatic rings. The van der Waals surface area contributed by atoms with Gasteiger partial charge in [0.05, 0.1) is 39.1 Å². The van der Waals surface area contributed by atoms with E-state index in [1.165, 1.54) is 99.2 Å². The number of hydrogen-bond donors (Lipinski definition) is 12. The van der Waals surface area contributed by atoms with Crippen LogP contribution in [0.15, 0.2) is 90.7 Å². The highest BCUT2D eigenvalue weighted by Gasteiger charge is 2.53. The number of ether oxygens (including phenoxy) is 11. The molecule has 0 radical (unpaired) electrons. The van der Waals surface area contributed by atoms with Crippen LogP contribution in [0.1, 0.15) is 28.4 Å². The fourth-order valence-electron chi connectivity index (χ4n) is 8.55. The van der Waals surface area contributed by atoms with Gasteiger partial charge in [-0.25, -0.2) is 9.59 Å². The summed E-state index contributed by atoms with van der Waals surface area (Å²) < 4.78 is 62.4. The molecule has 8 rings (SSSR count). The second-order valence-electron chi connectivity index (χ2n) is 17.9. The first-order chi connectivity index (χ1) is 36.8. The number of rotatable bonds is 17. The van der Waals surface area contributed by atoms with Crippen LogP contribution in [0, 0.1) is 0 Å². The molecule has 3 fully saturated rings. The van der Waals surface area contributed by atoms with Crippen LogP contribution in [-0.4, -0.2) is 198 Å². The first kappa shape index (κ1) is 56.0. The van der Waals surface area contributed by atoms with Gasteiger partial charge in [-0.3, -0.25) is 0 Å². The van der Waals surface area contributed by atoms with E-state index in [-0.39, 0.29) is 51.6 Å². The van der Waals surface area contributed by atoms with Gasteiger partial charge in [0, 0.05) is 24.3 Å². The third kappa shape index (κ3) is 12.8. The lowest BCUT2D eigenvalue weighted by Gasteiger charge is -2.45. The molecule has 1 unspecified atom stereocenters. The Balaban J connectivity index is 1.13. The van der Waals surface area contributed by atoms with E-state index in [9.17, 15) is 70.9 Å². The number of phenols is 4. The maximum Gasteiger partial charge on any atom is 0.331 e. The fourth-order valence-corrected chi connectivity index (χ4v) is 8.55. The van der Waals surface area contributed by atoms with Crippen LogP contribution < -0.4 is 14.2 Å². The van der Waals surface area contributed by atoms with Gasteiger partial charge in [-0.1, -0.05) is 12.1 Å². The van der Waals surface area contributed by atoms with Crippen molar-refractivity contribution in [3.05, 3.63) is 113 Å². The zero-order valence-corrected chi connectivity index (χ0v) is 40.8. The van der Waals surface area contributed by atoms with Crippen LogP contribution in [0.25, 0.3) is 18.2 Å². The zero-order valence-electron chi connectivity index (χ0n) is 40.8. The Bertz CT molecular complexity index is 2760. The van der Waals surface area contributed by atoms with Gasteiger partial charge in [0.1, 0.15) is 90.1 Å². The van der Waals surface area contributed by atoms with Crippen LogP contribution in [0.5, 0.6) is 46.0 Å². The summed E-state index contributed by atoms with van der Waals surface area (Å²) in [7, 11) is 2.60. The van der Waals surface area contributed by atoms with Crippen molar-refractivity contribution in [3.63, 3.8) is 0 Å². The Kier molecular flexibility index (Phi) is 17.7. The quantitative estimate of drug-likeness (QED) is 0.0372.